The van der Waals surface area contributed by atoms with Crippen LogP contribution in [-0.2, 0) is 0 Å². The molecule has 0 bridgehead atoms. The minimum Gasteiger partial charge on any atom is -0.508 e. The van der Waals surface area contributed by atoms with Crippen LogP contribution < -0.4 is 5.73 Å². The van der Waals surface area contributed by atoms with E-state index in [1.807, 2.05) is 6.07 Å². The second kappa shape index (κ2) is 3.99. The normalized spacial score (nSPS) is 10.9. The van der Waals surface area contributed by atoms with Crippen LogP contribution in [0.3, 0.4) is 0 Å². The maximum absolute atomic E-state index is 9.28. The van der Waals surface area contributed by atoms with Gasteiger partial charge in [-0.1, -0.05) is 0 Å². The fourth-order valence-corrected chi connectivity index (χ4v) is 2.30. The van der Waals surface area contributed by atoms with Crippen molar-refractivity contribution in [1.82, 2.24) is 15.2 Å². The first kappa shape index (κ1) is 11.0. The maximum Gasteiger partial charge on any atom is 0.183 e. The van der Waals surface area contributed by atoms with E-state index in [0.29, 0.717) is 11.5 Å². The molecule has 5 nitrogen and oxygen atoms in total. The molecule has 1 aromatic carbocycles. The number of anilines is 1. The quantitative estimate of drug-likeness (QED) is 0.645. The van der Waals surface area contributed by atoms with Crippen LogP contribution in [-0.4, -0.2) is 20.3 Å². The fourth-order valence-electron chi connectivity index (χ4n) is 1.76. The SMILES string of the molecule is Nc1[nH]nc2nc(-c3ccc(O)cc3)c(Br)cc12. The lowest BCUT2D eigenvalue weighted by atomic mass is 10.1. The largest absolute Gasteiger partial charge is 0.508 e. The molecule has 0 aliphatic heterocycles. The Hall–Kier alpha value is -2.08. The third-order valence-corrected chi connectivity index (χ3v) is 3.27. The maximum atomic E-state index is 9.28. The van der Waals surface area contributed by atoms with Gasteiger partial charge in [-0.2, -0.15) is 5.10 Å². The monoisotopic (exact) mass is 304 g/mol. The average Bonchev–Trinajstić information content (AvgIpc) is 2.71. The number of benzene rings is 1. The summed E-state index contributed by atoms with van der Waals surface area (Å²) in [6, 6.07) is 8.71. The molecule has 6 heteroatoms. The predicted molar refractivity (Wildman–Crippen MR) is 73.1 cm³/mol. The first-order valence-corrected chi connectivity index (χ1v) is 6.04. The lowest BCUT2D eigenvalue weighted by molar-refractivity contribution is 0.475. The van der Waals surface area contributed by atoms with Crippen molar-refractivity contribution in [2.24, 2.45) is 0 Å². The van der Waals surface area contributed by atoms with E-state index in [9.17, 15) is 5.11 Å². The second-order valence-electron chi connectivity index (χ2n) is 3.87. The Morgan fingerprint density at radius 3 is 2.67 bits per heavy atom. The summed E-state index contributed by atoms with van der Waals surface area (Å²) in [5.74, 6) is 0.718. The summed E-state index contributed by atoms with van der Waals surface area (Å²) in [4.78, 5) is 4.44. The summed E-state index contributed by atoms with van der Waals surface area (Å²) in [6.45, 7) is 0. The van der Waals surface area contributed by atoms with Gasteiger partial charge in [0, 0.05) is 10.0 Å². The number of aromatic nitrogens is 3. The van der Waals surface area contributed by atoms with E-state index in [2.05, 4.69) is 31.1 Å². The van der Waals surface area contributed by atoms with Crippen LogP contribution in [0.15, 0.2) is 34.8 Å². The van der Waals surface area contributed by atoms with E-state index >= 15 is 0 Å². The molecular formula is C12H9BrN4O. The Bertz CT molecular complexity index is 721. The number of phenolic OH excluding ortho intramolecular Hbond substituents is 1. The average molecular weight is 305 g/mol. The smallest absolute Gasteiger partial charge is 0.183 e. The van der Waals surface area contributed by atoms with E-state index in [0.717, 1.165) is 21.1 Å². The van der Waals surface area contributed by atoms with Crippen LogP contribution in [0.5, 0.6) is 5.75 Å². The number of nitrogens with one attached hydrogen (secondary N) is 1. The van der Waals surface area contributed by atoms with Crippen molar-refractivity contribution in [2.45, 2.75) is 0 Å². The van der Waals surface area contributed by atoms with Crippen molar-refractivity contribution in [1.29, 1.82) is 0 Å². The number of pyridine rings is 1. The molecule has 0 saturated heterocycles. The Morgan fingerprint density at radius 1 is 1.22 bits per heavy atom. The Morgan fingerprint density at radius 2 is 1.94 bits per heavy atom. The minimum absolute atomic E-state index is 0.222. The third-order valence-electron chi connectivity index (χ3n) is 2.67. The number of fused-ring (bicyclic) bond motifs is 1. The number of nitrogen functional groups attached to an aromatic ring is 1. The van der Waals surface area contributed by atoms with Gasteiger partial charge in [-0.3, -0.25) is 5.10 Å². The van der Waals surface area contributed by atoms with Crippen LogP contribution in [0.2, 0.25) is 0 Å². The number of halogens is 1. The molecule has 3 rings (SSSR count). The molecule has 90 valence electrons. The molecule has 0 atom stereocenters. The number of hydrogen-bond donors (Lipinski definition) is 3. The molecule has 0 radical (unpaired) electrons. The summed E-state index contributed by atoms with van der Waals surface area (Å²) >= 11 is 3.47. The van der Waals surface area contributed by atoms with Crippen molar-refractivity contribution in [3.8, 4) is 17.0 Å². The van der Waals surface area contributed by atoms with Crippen LogP contribution in [0, 0.1) is 0 Å². The number of nitrogens with two attached hydrogens (primary N) is 1. The number of phenols is 1. The van der Waals surface area contributed by atoms with Crippen molar-refractivity contribution in [3.63, 3.8) is 0 Å². The van der Waals surface area contributed by atoms with Gasteiger partial charge in [0.1, 0.15) is 11.6 Å². The highest BCUT2D eigenvalue weighted by molar-refractivity contribution is 9.10. The standard InChI is InChI=1S/C12H9BrN4O/c13-9-5-8-11(14)16-17-12(8)15-10(9)6-1-3-7(18)4-2-6/h1-5,18H,(H3,14,15,16,17). The number of hydrogen-bond acceptors (Lipinski definition) is 4. The van der Waals surface area contributed by atoms with Crippen molar-refractivity contribution >= 4 is 32.8 Å². The van der Waals surface area contributed by atoms with E-state index in [1.54, 1.807) is 24.3 Å². The topological polar surface area (TPSA) is 87.8 Å². The predicted octanol–water partition coefficient (Wildman–Crippen LogP) is 2.68. The lowest BCUT2D eigenvalue weighted by Gasteiger charge is -2.04. The lowest BCUT2D eigenvalue weighted by Crippen LogP contribution is -1.88. The van der Waals surface area contributed by atoms with Gasteiger partial charge in [0.25, 0.3) is 0 Å². The van der Waals surface area contributed by atoms with Gasteiger partial charge < -0.3 is 10.8 Å². The van der Waals surface area contributed by atoms with E-state index in [-0.39, 0.29) is 5.75 Å². The summed E-state index contributed by atoms with van der Waals surface area (Å²) < 4.78 is 0.828. The highest BCUT2D eigenvalue weighted by Crippen LogP contribution is 2.31. The van der Waals surface area contributed by atoms with Crippen LogP contribution in [0.25, 0.3) is 22.3 Å². The highest BCUT2D eigenvalue weighted by atomic mass is 79.9. The van der Waals surface area contributed by atoms with Gasteiger partial charge in [-0.15, -0.1) is 0 Å². The number of aromatic hydroxyl groups is 1. The molecule has 0 aliphatic carbocycles. The molecule has 2 aromatic heterocycles. The molecule has 18 heavy (non-hydrogen) atoms. The van der Waals surface area contributed by atoms with Gasteiger partial charge in [0.15, 0.2) is 5.65 Å². The van der Waals surface area contributed by atoms with Gasteiger partial charge in [0.05, 0.1) is 11.1 Å². The van der Waals surface area contributed by atoms with Gasteiger partial charge in [-0.05, 0) is 46.3 Å². The summed E-state index contributed by atoms with van der Waals surface area (Å²) in [6.07, 6.45) is 0. The zero-order valence-electron chi connectivity index (χ0n) is 9.18. The first-order chi connectivity index (χ1) is 8.65. The fraction of sp³-hybridized carbons (Fsp3) is 0. The molecule has 0 saturated carbocycles. The first-order valence-electron chi connectivity index (χ1n) is 5.24. The number of rotatable bonds is 1. The molecule has 0 amide bonds. The Balaban J connectivity index is 2.22. The van der Waals surface area contributed by atoms with Gasteiger partial charge in [-0.25, -0.2) is 4.98 Å². The molecule has 3 aromatic rings. The van der Waals surface area contributed by atoms with Crippen LogP contribution >= 0.6 is 15.9 Å². The third kappa shape index (κ3) is 1.70. The molecule has 0 aliphatic rings. The van der Waals surface area contributed by atoms with Gasteiger partial charge >= 0.3 is 0 Å². The Labute approximate surface area is 111 Å². The number of nitrogens with zero attached hydrogens (tertiary/aromatic N) is 2. The van der Waals surface area contributed by atoms with Crippen molar-refractivity contribution in [2.75, 3.05) is 5.73 Å². The van der Waals surface area contributed by atoms with E-state index in [4.69, 9.17) is 5.73 Å². The molecule has 4 N–H and O–H groups in total. The summed E-state index contributed by atoms with van der Waals surface area (Å²) in [5, 5.41) is 16.8. The zero-order valence-corrected chi connectivity index (χ0v) is 10.8. The number of H-pyrrole nitrogens is 1. The second-order valence-corrected chi connectivity index (χ2v) is 4.73. The Kier molecular flexibility index (Phi) is 2.45. The summed E-state index contributed by atoms with van der Waals surface area (Å²) in [5.41, 5.74) is 7.96. The van der Waals surface area contributed by atoms with E-state index < -0.39 is 0 Å². The van der Waals surface area contributed by atoms with Gasteiger partial charge in [0.2, 0.25) is 0 Å². The highest BCUT2D eigenvalue weighted by Gasteiger charge is 2.11. The minimum atomic E-state index is 0.222. The molecular weight excluding hydrogens is 296 g/mol. The van der Waals surface area contributed by atoms with Crippen LogP contribution in [0.1, 0.15) is 0 Å². The number of aromatic amines is 1. The molecule has 2 heterocycles. The van der Waals surface area contributed by atoms with Crippen molar-refractivity contribution < 1.29 is 5.11 Å². The van der Waals surface area contributed by atoms with E-state index in [1.165, 1.54) is 0 Å². The molecule has 0 fully saturated rings. The van der Waals surface area contributed by atoms with Crippen molar-refractivity contribution in [3.05, 3.63) is 34.8 Å². The molecule has 0 spiro atoms. The molecule has 0 unspecified atom stereocenters. The zero-order chi connectivity index (χ0) is 12.7. The summed E-state index contributed by atoms with van der Waals surface area (Å²) in [7, 11) is 0. The van der Waals surface area contributed by atoms with Crippen LogP contribution in [0.4, 0.5) is 5.82 Å².